The van der Waals surface area contributed by atoms with Crippen LogP contribution in [0.3, 0.4) is 0 Å². The van der Waals surface area contributed by atoms with E-state index in [1.807, 2.05) is 6.92 Å². The molecule has 0 saturated carbocycles. The van der Waals surface area contributed by atoms with Gasteiger partial charge in [0.1, 0.15) is 23.8 Å². The first kappa shape index (κ1) is 13.5. The predicted octanol–water partition coefficient (Wildman–Crippen LogP) is 2.48. The van der Waals surface area contributed by atoms with Crippen molar-refractivity contribution in [2.45, 2.75) is 13.5 Å². The molecule has 0 amide bonds. The summed E-state index contributed by atoms with van der Waals surface area (Å²) in [6, 6.07) is 4.56. The van der Waals surface area contributed by atoms with E-state index in [1.54, 1.807) is 12.1 Å². The molecule has 4 N–H and O–H groups in total. The molecule has 2 aromatic rings. The van der Waals surface area contributed by atoms with Crippen LogP contribution >= 0.6 is 11.6 Å². The SMILES string of the molecule is Cc1c(NN)ncnc1NCc1ccc(F)c(Cl)c1. The second kappa shape index (κ2) is 5.81. The van der Waals surface area contributed by atoms with Crippen LogP contribution in [0, 0.1) is 12.7 Å². The van der Waals surface area contributed by atoms with E-state index in [1.165, 1.54) is 12.4 Å². The van der Waals surface area contributed by atoms with E-state index >= 15 is 0 Å². The topological polar surface area (TPSA) is 75.9 Å². The molecule has 1 aromatic heterocycles. The molecule has 0 atom stereocenters. The van der Waals surface area contributed by atoms with Gasteiger partial charge >= 0.3 is 0 Å². The maximum Gasteiger partial charge on any atom is 0.148 e. The third-order valence-corrected chi connectivity index (χ3v) is 2.95. The number of nitrogen functional groups attached to an aromatic ring is 1. The number of aromatic nitrogens is 2. The van der Waals surface area contributed by atoms with Gasteiger partial charge in [-0.3, -0.25) is 0 Å². The Morgan fingerprint density at radius 1 is 1.32 bits per heavy atom. The predicted molar refractivity (Wildman–Crippen MR) is 73.3 cm³/mol. The maximum atomic E-state index is 13.0. The maximum absolute atomic E-state index is 13.0. The van der Waals surface area contributed by atoms with E-state index < -0.39 is 5.82 Å². The fourth-order valence-corrected chi connectivity index (χ4v) is 1.81. The van der Waals surface area contributed by atoms with Crippen LogP contribution in [0.4, 0.5) is 16.0 Å². The number of benzene rings is 1. The zero-order valence-corrected chi connectivity index (χ0v) is 11.0. The van der Waals surface area contributed by atoms with Crippen molar-refractivity contribution in [2.75, 3.05) is 10.7 Å². The lowest BCUT2D eigenvalue weighted by Gasteiger charge is -2.11. The summed E-state index contributed by atoms with van der Waals surface area (Å²) in [5, 5.41) is 3.22. The van der Waals surface area contributed by atoms with Gasteiger partial charge in [0.05, 0.1) is 5.02 Å². The standard InChI is InChI=1S/C12H13ClFN5/c1-7-11(17-6-18-12(7)19-15)16-5-8-2-3-10(14)9(13)4-8/h2-4,6H,5,15H2,1H3,(H2,16,17,18,19). The van der Waals surface area contributed by atoms with Crippen LogP contribution in [-0.4, -0.2) is 9.97 Å². The Bertz CT molecular complexity index is 590. The molecule has 0 spiro atoms. The summed E-state index contributed by atoms with van der Waals surface area (Å²) in [5.74, 6) is 6.11. The highest BCUT2D eigenvalue weighted by Crippen LogP contribution is 2.19. The summed E-state index contributed by atoms with van der Waals surface area (Å²) < 4.78 is 13.0. The molecule has 7 heteroatoms. The van der Waals surface area contributed by atoms with Crippen molar-refractivity contribution < 1.29 is 4.39 Å². The molecule has 19 heavy (non-hydrogen) atoms. The Labute approximate surface area is 115 Å². The Kier molecular flexibility index (Phi) is 4.13. The van der Waals surface area contributed by atoms with Gasteiger partial charge in [0.2, 0.25) is 0 Å². The highest BCUT2D eigenvalue weighted by Gasteiger charge is 2.06. The van der Waals surface area contributed by atoms with Gasteiger partial charge in [-0.2, -0.15) is 0 Å². The fourth-order valence-electron chi connectivity index (χ4n) is 1.61. The van der Waals surface area contributed by atoms with Crippen LogP contribution in [0.2, 0.25) is 5.02 Å². The van der Waals surface area contributed by atoms with Crippen molar-refractivity contribution in [1.29, 1.82) is 0 Å². The van der Waals surface area contributed by atoms with Crippen molar-refractivity contribution in [3.63, 3.8) is 0 Å². The largest absolute Gasteiger partial charge is 0.366 e. The van der Waals surface area contributed by atoms with Gasteiger partial charge in [0, 0.05) is 12.1 Å². The van der Waals surface area contributed by atoms with Crippen LogP contribution in [0.25, 0.3) is 0 Å². The molecule has 100 valence electrons. The lowest BCUT2D eigenvalue weighted by atomic mass is 10.2. The summed E-state index contributed by atoms with van der Waals surface area (Å²) in [7, 11) is 0. The van der Waals surface area contributed by atoms with Gasteiger partial charge < -0.3 is 10.7 Å². The minimum Gasteiger partial charge on any atom is -0.366 e. The normalized spacial score (nSPS) is 10.3. The lowest BCUT2D eigenvalue weighted by molar-refractivity contribution is 0.627. The highest BCUT2D eigenvalue weighted by molar-refractivity contribution is 6.30. The Hall–Kier alpha value is -1.92. The molecule has 0 radical (unpaired) electrons. The van der Waals surface area contributed by atoms with Crippen molar-refractivity contribution in [3.05, 3.63) is 46.5 Å². The molecule has 0 saturated heterocycles. The van der Waals surface area contributed by atoms with Crippen molar-refractivity contribution in [3.8, 4) is 0 Å². The zero-order valence-electron chi connectivity index (χ0n) is 10.2. The second-order valence-electron chi connectivity index (χ2n) is 3.94. The number of hydrogen-bond acceptors (Lipinski definition) is 5. The third-order valence-electron chi connectivity index (χ3n) is 2.66. The molecule has 0 bridgehead atoms. The zero-order chi connectivity index (χ0) is 13.8. The van der Waals surface area contributed by atoms with Crippen molar-refractivity contribution in [1.82, 2.24) is 9.97 Å². The van der Waals surface area contributed by atoms with Crippen molar-refractivity contribution in [2.24, 2.45) is 5.84 Å². The van der Waals surface area contributed by atoms with E-state index in [0.717, 1.165) is 11.1 Å². The molecule has 0 fully saturated rings. The molecule has 0 aliphatic carbocycles. The number of hydrazine groups is 1. The molecule has 1 heterocycles. The van der Waals surface area contributed by atoms with E-state index in [2.05, 4.69) is 20.7 Å². The number of nitrogens with one attached hydrogen (secondary N) is 2. The lowest BCUT2D eigenvalue weighted by Crippen LogP contribution is -2.12. The summed E-state index contributed by atoms with van der Waals surface area (Å²) in [6.45, 7) is 2.32. The molecular weight excluding hydrogens is 269 g/mol. The first-order valence-corrected chi connectivity index (χ1v) is 5.95. The van der Waals surface area contributed by atoms with Crippen LogP contribution in [0.15, 0.2) is 24.5 Å². The van der Waals surface area contributed by atoms with Crippen LogP contribution in [0.5, 0.6) is 0 Å². The van der Waals surface area contributed by atoms with Gasteiger partial charge in [0.15, 0.2) is 0 Å². The minimum absolute atomic E-state index is 0.100. The van der Waals surface area contributed by atoms with Gasteiger partial charge in [-0.1, -0.05) is 17.7 Å². The number of nitrogens with zero attached hydrogens (tertiary/aromatic N) is 2. The van der Waals surface area contributed by atoms with Gasteiger partial charge in [-0.05, 0) is 24.6 Å². The number of anilines is 2. The molecule has 1 aromatic carbocycles. The van der Waals surface area contributed by atoms with E-state index in [9.17, 15) is 4.39 Å². The number of nitrogens with two attached hydrogens (primary N) is 1. The highest BCUT2D eigenvalue weighted by atomic mass is 35.5. The first-order chi connectivity index (χ1) is 9.11. The second-order valence-corrected chi connectivity index (χ2v) is 4.35. The Balaban J connectivity index is 2.12. The smallest absolute Gasteiger partial charge is 0.148 e. The molecule has 5 nitrogen and oxygen atoms in total. The third kappa shape index (κ3) is 3.10. The van der Waals surface area contributed by atoms with Gasteiger partial charge in [0.25, 0.3) is 0 Å². The van der Waals surface area contributed by atoms with Crippen LogP contribution in [0.1, 0.15) is 11.1 Å². The number of hydrogen-bond donors (Lipinski definition) is 3. The van der Waals surface area contributed by atoms with Crippen LogP contribution < -0.4 is 16.6 Å². The monoisotopic (exact) mass is 281 g/mol. The fraction of sp³-hybridized carbons (Fsp3) is 0.167. The van der Waals surface area contributed by atoms with Gasteiger partial charge in [-0.15, -0.1) is 0 Å². The van der Waals surface area contributed by atoms with E-state index in [4.69, 9.17) is 17.4 Å². The van der Waals surface area contributed by atoms with Crippen LogP contribution in [-0.2, 0) is 6.54 Å². The van der Waals surface area contributed by atoms with E-state index in [0.29, 0.717) is 18.2 Å². The summed E-state index contributed by atoms with van der Waals surface area (Å²) >= 11 is 5.72. The summed E-state index contributed by atoms with van der Waals surface area (Å²) in [6.07, 6.45) is 1.40. The Morgan fingerprint density at radius 3 is 2.74 bits per heavy atom. The molecular formula is C12H13ClFN5. The Morgan fingerprint density at radius 2 is 2.05 bits per heavy atom. The molecule has 0 aliphatic rings. The summed E-state index contributed by atoms with van der Waals surface area (Å²) in [4.78, 5) is 8.10. The average Bonchev–Trinajstić information content (AvgIpc) is 2.41. The number of halogens is 2. The first-order valence-electron chi connectivity index (χ1n) is 5.58. The minimum atomic E-state index is -0.432. The quantitative estimate of drug-likeness (QED) is 0.593. The molecule has 0 aliphatic heterocycles. The number of rotatable bonds is 4. The molecule has 0 unspecified atom stereocenters. The van der Waals surface area contributed by atoms with Gasteiger partial charge in [-0.25, -0.2) is 20.2 Å². The molecule has 2 rings (SSSR count). The van der Waals surface area contributed by atoms with E-state index in [-0.39, 0.29) is 5.02 Å². The van der Waals surface area contributed by atoms with Crippen molar-refractivity contribution >= 4 is 23.2 Å². The summed E-state index contributed by atoms with van der Waals surface area (Å²) in [5.41, 5.74) is 4.15. The average molecular weight is 282 g/mol.